The maximum atomic E-state index is 3.71. The molecule has 0 aliphatic rings. The first-order valence-corrected chi connectivity index (χ1v) is 21.4. The molecule has 63 heavy (non-hydrogen) atoms. The van der Waals surface area contributed by atoms with Crippen LogP contribution in [0.15, 0.2) is 267 Å². The van der Waals surface area contributed by atoms with E-state index in [4.69, 9.17) is 0 Å². The van der Waals surface area contributed by atoms with E-state index in [0.29, 0.717) is 0 Å². The highest BCUT2D eigenvalue weighted by Crippen LogP contribution is 2.51. The van der Waals surface area contributed by atoms with Gasteiger partial charge < -0.3 is 15.1 Å². The quantitative estimate of drug-likeness (QED) is 0.147. The second-order valence-corrected chi connectivity index (χ2v) is 15.4. The van der Waals surface area contributed by atoms with Crippen LogP contribution in [0.2, 0.25) is 0 Å². The Balaban J connectivity index is 0.000000727. The molecule has 0 bridgehead atoms. The van der Waals surface area contributed by atoms with E-state index in [1.165, 1.54) is 32.7 Å². The van der Waals surface area contributed by atoms with E-state index in [2.05, 4.69) is 246 Å². The van der Waals surface area contributed by atoms with E-state index in [1.54, 1.807) is 0 Å². The average molecular weight is 808 g/mol. The molecule has 0 aliphatic carbocycles. The standard InChI is InChI=1S/C54H39N3.C6H6/c1-6-21-40(22-7-1)55-41-33-35-50-51(37-41)53(48-32-18-20-39-19-16-17-31-47(39)48)49-36-34-46(56(42-23-8-2-9-24-42)43-25-10-3-11-26-43)38-52(49)54(50)57(44-27-12-4-13-28-44)45-29-14-5-15-30-45;1-2-4-6-5-3-1/h1-38,55H;1-6H. The molecule has 0 heterocycles. The molecule has 0 radical (unpaired) electrons. The van der Waals surface area contributed by atoms with Crippen molar-refractivity contribution < 1.29 is 0 Å². The van der Waals surface area contributed by atoms with Gasteiger partial charge in [-0.15, -0.1) is 0 Å². The van der Waals surface area contributed by atoms with Gasteiger partial charge in [0.1, 0.15) is 0 Å². The first-order chi connectivity index (χ1) is 31.3. The molecule has 11 aromatic rings. The number of hydrogen-bond donors (Lipinski definition) is 1. The highest BCUT2D eigenvalue weighted by Gasteiger charge is 2.25. The summed E-state index contributed by atoms with van der Waals surface area (Å²) in [6.45, 7) is 0. The van der Waals surface area contributed by atoms with Gasteiger partial charge in [-0.25, -0.2) is 0 Å². The maximum Gasteiger partial charge on any atom is 0.0619 e. The lowest BCUT2D eigenvalue weighted by atomic mass is 9.87. The van der Waals surface area contributed by atoms with Crippen LogP contribution in [-0.4, -0.2) is 0 Å². The van der Waals surface area contributed by atoms with Crippen molar-refractivity contribution in [2.75, 3.05) is 15.1 Å². The van der Waals surface area contributed by atoms with E-state index in [-0.39, 0.29) is 0 Å². The predicted molar refractivity (Wildman–Crippen MR) is 270 cm³/mol. The zero-order valence-electron chi connectivity index (χ0n) is 34.8. The summed E-state index contributed by atoms with van der Waals surface area (Å²) in [5.41, 5.74) is 11.0. The number of fused-ring (bicyclic) bond motifs is 3. The molecule has 0 saturated carbocycles. The molecule has 1 N–H and O–H groups in total. The van der Waals surface area contributed by atoms with Gasteiger partial charge in [0.25, 0.3) is 0 Å². The van der Waals surface area contributed by atoms with Gasteiger partial charge in [0.15, 0.2) is 0 Å². The Bertz CT molecular complexity index is 3120. The fraction of sp³-hybridized carbons (Fsp3) is 0. The summed E-state index contributed by atoms with van der Waals surface area (Å²) in [5, 5.41) is 10.8. The minimum absolute atomic E-state index is 1.03. The number of rotatable bonds is 9. The van der Waals surface area contributed by atoms with Crippen molar-refractivity contribution in [1.29, 1.82) is 0 Å². The Kier molecular flexibility index (Phi) is 11.1. The first-order valence-electron chi connectivity index (χ1n) is 21.4. The lowest BCUT2D eigenvalue weighted by Gasteiger charge is -2.31. The Hall–Kier alpha value is -8.40. The van der Waals surface area contributed by atoms with E-state index in [0.717, 1.165) is 56.3 Å². The number of hydrogen-bond acceptors (Lipinski definition) is 3. The minimum Gasteiger partial charge on any atom is -0.356 e. The second-order valence-electron chi connectivity index (χ2n) is 15.4. The number of nitrogens with zero attached hydrogens (tertiary/aromatic N) is 2. The van der Waals surface area contributed by atoms with Crippen LogP contribution in [0.5, 0.6) is 0 Å². The van der Waals surface area contributed by atoms with Crippen LogP contribution in [-0.2, 0) is 0 Å². The Morgan fingerprint density at radius 1 is 0.254 bits per heavy atom. The van der Waals surface area contributed by atoms with E-state index in [1.807, 2.05) is 36.4 Å². The van der Waals surface area contributed by atoms with Crippen molar-refractivity contribution in [3.05, 3.63) is 267 Å². The largest absolute Gasteiger partial charge is 0.356 e. The van der Waals surface area contributed by atoms with Gasteiger partial charge >= 0.3 is 0 Å². The van der Waals surface area contributed by atoms with E-state index < -0.39 is 0 Å². The number of benzene rings is 11. The summed E-state index contributed by atoms with van der Waals surface area (Å²) < 4.78 is 0. The first kappa shape index (κ1) is 38.8. The SMILES string of the molecule is c1ccc(Nc2ccc3c(N(c4ccccc4)c4ccccc4)c4cc(N(c5ccccc5)c5ccccc5)ccc4c(-c4cccc5ccccc45)c3c2)cc1.c1ccccc1. The Morgan fingerprint density at radius 2 is 0.714 bits per heavy atom. The Morgan fingerprint density at radius 3 is 1.29 bits per heavy atom. The van der Waals surface area contributed by atoms with Gasteiger partial charge in [0.05, 0.1) is 5.69 Å². The molecule has 3 heteroatoms. The van der Waals surface area contributed by atoms with Gasteiger partial charge in [-0.05, 0) is 118 Å². The molecule has 300 valence electrons. The third-order valence-electron chi connectivity index (χ3n) is 11.4. The van der Waals surface area contributed by atoms with Crippen LogP contribution in [0, 0.1) is 0 Å². The fourth-order valence-corrected chi connectivity index (χ4v) is 8.62. The van der Waals surface area contributed by atoms with E-state index >= 15 is 0 Å². The molecule has 0 unspecified atom stereocenters. The van der Waals surface area contributed by atoms with Gasteiger partial charge in [0.2, 0.25) is 0 Å². The molecular weight excluding hydrogens is 763 g/mol. The minimum atomic E-state index is 1.03. The van der Waals surface area contributed by atoms with Gasteiger partial charge in [-0.1, -0.05) is 182 Å². The maximum absolute atomic E-state index is 3.71. The summed E-state index contributed by atoms with van der Waals surface area (Å²) in [6.07, 6.45) is 0. The molecule has 0 saturated heterocycles. The molecule has 0 amide bonds. The van der Waals surface area contributed by atoms with Gasteiger partial charge in [-0.2, -0.15) is 0 Å². The summed E-state index contributed by atoms with van der Waals surface area (Å²) in [5.74, 6) is 0. The van der Waals surface area contributed by atoms with Crippen molar-refractivity contribution >= 4 is 77.8 Å². The molecule has 0 aliphatic heterocycles. The monoisotopic (exact) mass is 807 g/mol. The second kappa shape index (κ2) is 18.1. The fourth-order valence-electron chi connectivity index (χ4n) is 8.62. The molecule has 0 aromatic heterocycles. The predicted octanol–water partition coefficient (Wildman–Crippen LogP) is 17.2. The van der Waals surface area contributed by atoms with Gasteiger partial charge in [0, 0.05) is 50.6 Å². The van der Waals surface area contributed by atoms with Crippen LogP contribution in [0.4, 0.5) is 45.5 Å². The van der Waals surface area contributed by atoms with Crippen molar-refractivity contribution in [3.63, 3.8) is 0 Å². The summed E-state index contributed by atoms with van der Waals surface area (Å²) in [7, 11) is 0. The van der Waals surface area contributed by atoms with Crippen LogP contribution in [0.1, 0.15) is 0 Å². The molecule has 11 rings (SSSR count). The van der Waals surface area contributed by atoms with Crippen molar-refractivity contribution in [2.45, 2.75) is 0 Å². The molecule has 3 nitrogen and oxygen atoms in total. The van der Waals surface area contributed by atoms with Gasteiger partial charge in [-0.3, -0.25) is 0 Å². The molecule has 0 fully saturated rings. The number of para-hydroxylation sites is 5. The zero-order chi connectivity index (χ0) is 42.2. The normalized spacial score (nSPS) is 10.9. The lowest BCUT2D eigenvalue weighted by Crippen LogP contribution is -2.13. The van der Waals surface area contributed by atoms with Crippen molar-refractivity contribution in [1.82, 2.24) is 0 Å². The third-order valence-corrected chi connectivity index (χ3v) is 11.4. The van der Waals surface area contributed by atoms with Crippen LogP contribution in [0.25, 0.3) is 43.4 Å². The zero-order valence-corrected chi connectivity index (χ0v) is 34.8. The summed E-state index contributed by atoms with van der Waals surface area (Å²) >= 11 is 0. The summed E-state index contributed by atoms with van der Waals surface area (Å²) in [4.78, 5) is 4.79. The molecular formula is C60H45N3. The Labute approximate surface area is 369 Å². The van der Waals surface area contributed by atoms with Crippen LogP contribution >= 0.6 is 0 Å². The lowest BCUT2D eigenvalue weighted by molar-refractivity contribution is 1.28. The van der Waals surface area contributed by atoms with Crippen LogP contribution in [0.3, 0.4) is 0 Å². The molecule has 0 atom stereocenters. The number of anilines is 8. The highest BCUT2D eigenvalue weighted by molar-refractivity contribution is 6.25. The highest BCUT2D eigenvalue weighted by atomic mass is 15.2. The topological polar surface area (TPSA) is 18.5 Å². The molecule has 11 aromatic carbocycles. The van der Waals surface area contributed by atoms with E-state index in [9.17, 15) is 0 Å². The average Bonchev–Trinajstić information content (AvgIpc) is 3.36. The summed E-state index contributed by atoms with van der Waals surface area (Å²) in [6, 6.07) is 94.5. The van der Waals surface area contributed by atoms with Crippen LogP contribution < -0.4 is 15.1 Å². The smallest absolute Gasteiger partial charge is 0.0619 e. The number of nitrogens with one attached hydrogen (secondary N) is 1. The van der Waals surface area contributed by atoms with Crippen molar-refractivity contribution in [2.24, 2.45) is 0 Å². The van der Waals surface area contributed by atoms with Crippen molar-refractivity contribution in [3.8, 4) is 11.1 Å². The molecule has 0 spiro atoms. The third kappa shape index (κ3) is 8.12.